The molecule has 0 aliphatic carbocycles. The highest BCUT2D eigenvalue weighted by molar-refractivity contribution is 8.15. The molecule has 138 valence electrons. The van der Waals surface area contributed by atoms with Gasteiger partial charge in [-0.15, -0.1) is 5.10 Å². The van der Waals surface area contributed by atoms with E-state index in [1.165, 1.54) is 30.1 Å². The molecule has 1 atom stereocenters. The number of thioether (sulfide) groups is 1. The first kappa shape index (κ1) is 18.6. The Morgan fingerprint density at radius 1 is 1.30 bits per heavy atom. The summed E-state index contributed by atoms with van der Waals surface area (Å²) in [7, 11) is 1.60. The van der Waals surface area contributed by atoms with Crippen LogP contribution in [-0.4, -0.2) is 34.6 Å². The Bertz CT molecular complexity index is 912. The van der Waals surface area contributed by atoms with Gasteiger partial charge in [-0.25, -0.2) is 0 Å². The van der Waals surface area contributed by atoms with Gasteiger partial charge in [0.2, 0.25) is 5.91 Å². The molecule has 1 heterocycles. The average Bonchev–Trinajstić information content (AvgIpc) is 3.01. The van der Waals surface area contributed by atoms with E-state index >= 15 is 0 Å². The van der Waals surface area contributed by atoms with Crippen LogP contribution in [0.3, 0.4) is 0 Å². The molecule has 0 aromatic heterocycles. The van der Waals surface area contributed by atoms with Crippen LogP contribution in [0.4, 0.5) is 5.69 Å². The molecule has 1 N–H and O–H groups in total. The molecule has 3 rings (SSSR count). The van der Waals surface area contributed by atoms with Gasteiger partial charge < -0.3 is 10.1 Å². The van der Waals surface area contributed by atoms with Crippen LogP contribution in [0.5, 0.6) is 5.75 Å². The molecule has 0 saturated carbocycles. The van der Waals surface area contributed by atoms with Gasteiger partial charge in [-0.2, -0.15) is 5.10 Å². The van der Waals surface area contributed by atoms with Crippen LogP contribution in [0.25, 0.3) is 0 Å². The van der Waals surface area contributed by atoms with Gasteiger partial charge in [0.05, 0.1) is 23.5 Å². The molecule has 1 aliphatic heterocycles. The lowest BCUT2D eigenvalue weighted by molar-refractivity contribution is -0.384. The third-order valence-corrected chi connectivity index (χ3v) is 4.86. The molecule has 9 heteroatoms. The Morgan fingerprint density at radius 3 is 2.78 bits per heavy atom. The second-order valence-electron chi connectivity index (χ2n) is 5.65. The van der Waals surface area contributed by atoms with Gasteiger partial charge >= 0.3 is 0 Å². The number of ether oxygens (including phenoxy) is 1. The number of amidine groups is 1. The van der Waals surface area contributed by atoms with E-state index in [1.54, 1.807) is 19.2 Å². The highest BCUT2D eigenvalue weighted by Gasteiger charge is 2.30. The van der Waals surface area contributed by atoms with Crippen molar-refractivity contribution < 1.29 is 14.5 Å². The van der Waals surface area contributed by atoms with Gasteiger partial charge in [0.25, 0.3) is 5.69 Å². The molecule has 1 amide bonds. The minimum atomic E-state index is -0.464. The van der Waals surface area contributed by atoms with Crippen LogP contribution in [0, 0.1) is 10.1 Å². The smallest absolute Gasteiger partial charge is 0.269 e. The fourth-order valence-electron chi connectivity index (χ4n) is 2.43. The minimum absolute atomic E-state index is 0.0115. The number of nitro benzene ring substituents is 1. The first-order valence-electron chi connectivity index (χ1n) is 8.01. The summed E-state index contributed by atoms with van der Waals surface area (Å²) in [6, 6.07) is 13.5. The number of non-ortho nitro benzene ring substituents is 1. The molecule has 27 heavy (non-hydrogen) atoms. The van der Waals surface area contributed by atoms with Crippen molar-refractivity contribution in [1.29, 1.82) is 0 Å². The number of carbonyl (C=O) groups is 1. The van der Waals surface area contributed by atoms with E-state index in [1.807, 2.05) is 24.3 Å². The quantitative estimate of drug-likeness (QED) is 0.468. The number of nitrogens with zero attached hydrogens (tertiary/aromatic N) is 3. The number of methoxy groups -OCH3 is 1. The second kappa shape index (κ2) is 8.45. The molecular weight excluding hydrogens is 368 g/mol. The molecule has 1 aliphatic rings. The number of hydrogen-bond donors (Lipinski definition) is 1. The summed E-state index contributed by atoms with van der Waals surface area (Å²) in [5.41, 5.74) is 1.68. The van der Waals surface area contributed by atoms with Gasteiger partial charge in [0.15, 0.2) is 5.17 Å². The highest BCUT2D eigenvalue weighted by Crippen LogP contribution is 2.24. The molecule has 1 unspecified atom stereocenters. The van der Waals surface area contributed by atoms with Crippen molar-refractivity contribution in [2.75, 3.05) is 7.11 Å². The van der Waals surface area contributed by atoms with Crippen molar-refractivity contribution in [3.05, 3.63) is 69.8 Å². The fourth-order valence-corrected chi connectivity index (χ4v) is 3.40. The average molecular weight is 384 g/mol. The molecule has 0 radical (unpaired) electrons. The molecule has 1 saturated heterocycles. The maximum absolute atomic E-state index is 12.1. The van der Waals surface area contributed by atoms with Gasteiger partial charge in [-0.1, -0.05) is 23.9 Å². The van der Waals surface area contributed by atoms with E-state index in [2.05, 4.69) is 15.5 Å². The van der Waals surface area contributed by atoms with Crippen molar-refractivity contribution in [2.45, 2.75) is 11.7 Å². The number of benzene rings is 2. The standard InChI is InChI=1S/C18H16N4O4S/c1-26-15-4-2-3-13(9-15)10-16-17(23)20-18(27-16)21-19-11-12-5-7-14(8-6-12)22(24)25/h2-9,11,16H,10H2,1H3,(H,20,21,23)/b19-11+. The maximum atomic E-state index is 12.1. The second-order valence-corrected chi connectivity index (χ2v) is 6.84. The Kier molecular flexibility index (Phi) is 5.82. The SMILES string of the molecule is COc1cccc(CC2S/C(=N\N=C\c3ccc([N+](=O)[O-])cc3)NC2=O)c1. The van der Waals surface area contributed by atoms with Crippen LogP contribution in [-0.2, 0) is 11.2 Å². The zero-order valence-electron chi connectivity index (χ0n) is 14.4. The van der Waals surface area contributed by atoms with Crippen molar-refractivity contribution in [3.63, 3.8) is 0 Å². The summed E-state index contributed by atoms with van der Waals surface area (Å²) in [6.07, 6.45) is 2.03. The molecular formula is C18H16N4O4S. The number of nitrogens with one attached hydrogen (secondary N) is 1. The monoisotopic (exact) mass is 384 g/mol. The van der Waals surface area contributed by atoms with E-state index in [9.17, 15) is 14.9 Å². The van der Waals surface area contributed by atoms with Crippen LogP contribution in [0.2, 0.25) is 0 Å². The van der Waals surface area contributed by atoms with Crippen molar-refractivity contribution in [3.8, 4) is 5.75 Å². The number of amides is 1. The van der Waals surface area contributed by atoms with Crippen molar-refractivity contribution >= 4 is 34.7 Å². The topological polar surface area (TPSA) is 106 Å². The third kappa shape index (κ3) is 4.91. The van der Waals surface area contributed by atoms with Crippen molar-refractivity contribution in [1.82, 2.24) is 5.32 Å². The van der Waals surface area contributed by atoms with Gasteiger partial charge in [0.1, 0.15) is 5.75 Å². The van der Waals surface area contributed by atoms with Gasteiger partial charge in [-0.3, -0.25) is 14.9 Å². The van der Waals surface area contributed by atoms with Crippen LogP contribution in [0.15, 0.2) is 58.7 Å². The number of hydrogen-bond acceptors (Lipinski definition) is 7. The first-order valence-corrected chi connectivity index (χ1v) is 8.89. The van der Waals surface area contributed by atoms with Crippen LogP contribution >= 0.6 is 11.8 Å². The predicted octanol–water partition coefficient (Wildman–Crippen LogP) is 2.77. The van der Waals surface area contributed by atoms with E-state index < -0.39 is 4.92 Å². The van der Waals surface area contributed by atoms with Crippen LogP contribution < -0.4 is 10.1 Å². The molecule has 0 bridgehead atoms. The summed E-state index contributed by atoms with van der Waals surface area (Å²) in [4.78, 5) is 22.3. The summed E-state index contributed by atoms with van der Waals surface area (Å²) in [5.74, 6) is 0.629. The zero-order valence-corrected chi connectivity index (χ0v) is 15.2. The minimum Gasteiger partial charge on any atom is -0.497 e. The van der Waals surface area contributed by atoms with E-state index in [0.717, 1.165) is 11.3 Å². The highest BCUT2D eigenvalue weighted by atomic mass is 32.2. The number of carbonyl (C=O) groups excluding carboxylic acids is 1. The molecule has 2 aromatic carbocycles. The normalized spacial score (nSPS) is 18.0. The van der Waals surface area contributed by atoms with Gasteiger partial charge in [-0.05, 0) is 41.8 Å². The van der Waals surface area contributed by atoms with E-state index in [-0.39, 0.29) is 16.8 Å². The van der Waals surface area contributed by atoms with E-state index in [4.69, 9.17) is 4.74 Å². The Labute approximate surface area is 159 Å². The van der Waals surface area contributed by atoms with E-state index in [0.29, 0.717) is 17.2 Å². The molecule has 8 nitrogen and oxygen atoms in total. The maximum Gasteiger partial charge on any atom is 0.269 e. The largest absolute Gasteiger partial charge is 0.497 e. The molecule has 1 fully saturated rings. The molecule has 0 spiro atoms. The summed E-state index contributed by atoms with van der Waals surface area (Å²) >= 11 is 1.31. The van der Waals surface area contributed by atoms with Crippen molar-refractivity contribution in [2.24, 2.45) is 10.2 Å². The Morgan fingerprint density at radius 2 is 2.07 bits per heavy atom. The summed E-state index contributed by atoms with van der Waals surface area (Å²) in [6.45, 7) is 0. The third-order valence-electron chi connectivity index (χ3n) is 3.79. The van der Waals surface area contributed by atoms with Crippen LogP contribution in [0.1, 0.15) is 11.1 Å². The Hall–Kier alpha value is -3.20. The lowest BCUT2D eigenvalue weighted by Gasteiger charge is -2.07. The lowest BCUT2D eigenvalue weighted by Crippen LogP contribution is -2.25. The number of rotatable bonds is 6. The Balaban J connectivity index is 1.61. The summed E-state index contributed by atoms with van der Waals surface area (Å²) in [5, 5.41) is 21.4. The summed E-state index contributed by atoms with van der Waals surface area (Å²) < 4.78 is 5.20. The van der Waals surface area contributed by atoms with Gasteiger partial charge in [0, 0.05) is 12.1 Å². The number of nitro groups is 1. The fraction of sp³-hybridized carbons (Fsp3) is 0.167. The molecule has 2 aromatic rings. The first-order chi connectivity index (χ1) is 13.0. The zero-order chi connectivity index (χ0) is 19.2. The predicted molar refractivity (Wildman–Crippen MR) is 104 cm³/mol. The lowest BCUT2D eigenvalue weighted by atomic mass is 10.1.